The molecule has 63 heavy (non-hydrogen) atoms. The molecule has 1 unspecified atom stereocenters. The Bertz CT molecular complexity index is 2850. The molecule has 0 radical (unpaired) electrons. The van der Waals surface area contributed by atoms with Crippen molar-refractivity contribution < 1.29 is 32.8 Å². The Balaban J connectivity index is 0.924. The Morgan fingerprint density at radius 1 is 0.889 bits per heavy atom. The van der Waals surface area contributed by atoms with E-state index < -0.39 is 24.3 Å². The van der Waals surface area contributed by atoms with Gasteiger partial charge >= 0.3 is 0 Å². The highest BCUT2D eigenvalue weighted by Crippen LogP contribution is 2.43. The minimum atomic E-state index is -2.78. The second-order valence-electron chi connectivity index (χ2n) is 16.6. The maximum absolute atomic E-state index is 14.9. The zero-order chi connectivity index (χ0) is 44.1. The van der Waals surface area contributed by atoms with Gasteiger partial charge in [-0.15, -0.1) is 0 Å². The number of anilines is 2. The molecule has 9 rings (SSSR count). The highest BCUT2D eigenvalue weighted by atomic mass is 19.3. The van der Waals surface area contributed by atoms with E-state index in [9.17, 15) is 32.8 Å². The summed E-state index contributed by atoms with van der Waals surface area (Å²) in [6.45, 7) is 5.18. The molecule has 0 spiro atoms. The van der Waals surface area contributed by atoms with Crippen LogP contribution < -0.4 is 20.9 Å². The molecule has 4 N–H and O–H groups in total. The quantitative estimate of drug-likeness (QED) is 0.102. The number of imide groups is 1. The average molecular weight is 850 g/mol. The lowest BCUT2D eigenvalue weighted by atomic mass is 9.91. The minimum Gasteiger partial charge on any atom is -0.360 e. The van der Waals surface area contributed by atoms with Crippen LogP contribution in [0.4, 0.5) is 20.2 Å². The number of amides is 5. The lowest BCUT2D eigenvalue weighted by molar-refractivity contribution is -0.136. The fourth-order valence-electron chi connectivity index (χ4n) is 9.19. The number of aryl methyl sites for hydroxylation is 1. The Morgan fingerprint density at radius 3 is 2.44 bits per heavy atom. The Hall–Kier alpha value is -7.22. The summed E-state index contributed by atoms with van der Waals surface area (Å²) in [6.07, 6.45) is 2.30. The molecular formula is C49H45F2N7O5. The lowest BCUT2D eigenvalue weighted by Gasteiger charge is -2.33. The summed E-state index contributed by atoms with van der Waals surface area (Å²) in [7, 11) is 1.59. The number of fused-ring (bicyclic) bond motifs is 3. The Kier molecular flexibility index (Phi) is 10.8. The van der Waals surface area contributed by atoms with E-state index in [4.69, 9.17) is 0 Å². The molecule has 14 heteroatoms. The molecule has 320 valence electrons. The first-order valence-corrected chi connectivity index (χ1v) is 21.1. The number of pyridine rings is 1. The zero-order valence-corrected chi connectivity index (χ0v) is 35.0. The predicted octanol–water partition coefficient (Wildman–Crippen LogP) is 8.09. The Labute approximate surface area is 362 Å². The molecule has 5 heterocycles. The molecule has 1 fully saturated rings. The van der Waals surface area contributed by atoms with Gasteiger partial charge in [0, 0.05) is 84.5 Å². The number of nitrogens with one attached hydrogen (secondary N) is 4. The largest absolute Gasteiger partial charge is 0.360 e. The summed E-state index contributed by atoms with van der Waals surface area (Å²) >= 11 is 0. The number of aromatic amines is 1. The third-order valence-electron chi connectivity index (χ3n) is 12.4. The van der Waals surface area contributed by atoms with Crippen molar-refractivity contribution >= 4 is 51.8 Å². The molecule has 3 aliphatic heterocycles. The summed E-state index contributed by atoms with van der Waals surface area (Å²) in [6, 6.07) is 22.9. The van der Waals surface area contributed by atoms with Gasteiger partial charge in [0.2, 0.25) is 11.8 Å². The molecule has 6 aromatic rings. The van der Waals surface area contributed by atoms with E-state index in [0.717, 1.165) is 56.4 Å². The van der Waals surface area contributed by atoms with Crippen molar-refractivity contribution in [3.63, 3.8) is 0 Å². The predicted molar refractivity (Wildman–Crippen MR) is 235 cm³/mol. The number of carbonyl (C=O) groups is 5. The fraction of sp³-hybridized carbons (Fsp3) is 0.265. The van der Waals surface area contributed by atoms with Crippen molar-refractivity contribution in [2.45, 2.75) is 71.0 Å². The third-order valence-corrected chi connectivity index (χ3v) is 12.4. The first-order valence-electron chi connectivity index (χ1n) is 21.1. The van der Waals surface area contributed by atoms with Gasteiger partial charge in [-0.05, 0) is 107 Å². The zero-order valence-electron chi connectivity index (χ0n) is 35.0. The van der Waals surface area contributed by atoms with Gasteiger partial charge in [0.05, 0.1) is 5.56 Å². The number of hydrogen-bond donors (Lipinski definition) is 4. The van der Waals surface area contributed by atoms with Crippen LogP contribution >= 0.6 is 0 Å². The monoisotopic (exact) mass is 849 g/mol. The van der Waals surface area contributed by atoms with Crippen molar-refractivity contribution in [2.24, 2.45) is 0 Å². The number of benzene rings is 4. The molecule has 2 aromatic heterocycles. The Morgan fingerprint density at radius 2 is 1.70 bits per heavy atom. The van der Waals surface area contributed by atoms with Crippen LogP contribution in [0.15, 0.2) is 91.3 Å². The minimum absolute atomic E-state index is 0.128. The van der Waals surface area contributed by atoms with Crippen molar-refractivity contribution in [1.29, 1.82) is 0 Å². The topological polar surface area (TPSA) is 157 Å². The van der Waals surface area contributed by atoms with Gasteiger partial charge in [-0.1, -0.05) is 50.2 Å². The van der Waals surface area contributed by atoms with Crippen LogP contribution in [-0.4, -0.2) is 64.0 Å². The van der Waals surface area contributed by atoms with E-state index in [1.165, 1.54) is 17.2 Å². The highest BCUT2D eigenvalue weighted by molar-refractivity contribution is 6.09. The van der Waals surface area contributed by atoms with E-state index in [-0.39, 0.29) is 60.8 Å². The van der Waals surface area contributed by atoms with Crippen molar-refractivity contribution in [3.05, 3.63) is 136 Å². The second-order valence-corrected chi connectivity index (χ2v) is 16.6. The summed E-state index contributed by atoms with van der Waals surface area (Å²) in [5, 5.41) is 8.72. The normalized spacial score (nSPS) is 16.1. The number of nitrogens with zero attached hydrogens (tertiary/aromatic N) is 3. The first-order chi connectivity index (χ1) is 30.4. The molecule has 12 nitrogen and oxygen atoms in total. The molecule has 0 aliphatic carbocycles. The van der Waals surface area contributed by atoms with Crippen LogP contribution in [0.25, 0.3) is 33.2 Å². The molecule has 4 aromatic carbocycles. The number of alkyl halides is 2. The van der Waals surface area contributed by atoms with Crippen molar-refractivity contribution in [3.8, 4) is 22.3 Å². The van der Waals surface area contributed by atoms with Crippen LogP contribution in [-0.2, 0) is 29.1 Å². The van der Waals surface area contributed by atoms with E-state index in [0.29, 0.717) is 40.9 Å². The van der Waals surface area contributed by atoms with Crippen molar-refractivity contribution in [1.82, 2.24) is 30.8 Å². The number of aromatic nitrogens is 2. The number of halogens is 2. The van der Waals surface area contributed by atoms with Gasteiger partial charge in [0.25, 0.3) is 24.1 Å². The van der Waals surface area contributed by atoms with Gasteiger partial charge in [-0.25, -0.2) is 8.78 Å². The lowest BCUT2D eigenvalue weighted by Crippen LogP contribution is -2.52. The van der Waals surface area contributed by atoms with Crippen molar-refractivity contribution in [2.75, 3.05) is 18.5 Å². The molecule has 3 aliphatic rings. The van der Waals surface area contributed by atoms with Gasteiger partial charge in [0.15, 0.2) is 0 Å². The fourth-order valence-corrected chi connectivity index (χ4v) is 9.19. The molecule has 1 saturated heterocycles. The number of hydrogen-bond acceptors (Lipinski definition) is 7. The second kappa shape index (κ2) is 16.6. The number of H-pyrrole nitrogens is 1. The van der Waals surface area contributed by atoms with Crippen LogP contribution in [0.1, 0.15) is 104 Å². The smallest absolute Gasteiger partial charge is 0.270 e. The van der Waals surface area contributed by atoms with Crippen LogP contribution in [0.2, 0.25) is 0 Å². The van der Waals surface area contributed by atoms with Gasteiger partial charge in [-0.3, -0.25) is 34.3 Å². The molecule has 0 bridgehead atoms. The summed E-state index contributed by atoms with van der Waals surface area (Å²) < 4.78 is 29.9. The van der Waals surface area contributed by atoms with E-state index in [1.807, 2.05) is 42.5 Å². The van der Waals surface area contributed by atoms with Crippen LogP contribution in [0.3, 0.4) is 0 Å². The SMILES string of the molecule is CNC(=O)c1c[nH]c2c(C(C)C)cc(N3CCCc4cc(-c5ccc(C(=O)NCc6cccc(-c7cccc8c7CN(C7CCC(=O)NC7=O)C8=O)c6)nc5)c(C(F)F)cc43)cc12. The molecule has 0 saturated carbocycles. The van der Waals surface area contributed by atoms with E-state index in [1.54, 1.807) is 37.5 Å². The molecular weight excluding hydrogens is 805 g/mol. The van der Waals surface area contributed by atoms with Crippen LogP contribution in [0, 0.1) is 0 Å². The first kappa shape index (κ1) is 41.1. The summed E-state index contributed by atoms with van der Waals surface area (Å²) in [5.74, 6) is -1.59. The van der Waals surface area contributed by atoms with Gasteiger partial charge < -0.3 is 25.4 Å². The highest BCUT2D eigenvalue weighted by Gasteiger charge is 2.40. The van der Waals surface area contributed by atoms with Crippen LogP contribution in [0.5, 0.6) is 0 Å². The van der Waals surface area contributed by atoms with Gasteiger partial charge in [0.1, 0.15) is 11.7 Å². The van der Waals surface area contributed by atoms with E-state index >= 15 is 0 Å². The maximum atomic E-state index is 14.9. The number of piperidine rings is 1. The number of carbonyl (C=O) groups excluding carboxylic acids is 5. The average Bonchev–Trinajstić information content (AvgIpc) is 3.87. The summed E-state index contributed by atoms with van der Waals surface area (Å²) in [4.78, 5) is 75.1. The number of rotatable bonds is 10. The third kappa shape index (κ3) is 7.59. The molecule has 5 amide bonds. The maximum Gasteiger partial charge on any atom is 0.270 e. The van der Waals surface area contributed by atoms with E-state index in [2.05, 4.69) is 50.7 Å². The van der Waals surface area contributed by atoms with Gasteiger partial charge in [-0.2, -0.15) is 0 Å². The molecule has 1 atom stereocenters. The standard InChI is InChI=1S/C49H45F2N7O5/c1-26(2)34-19-31(20-36-38(46(60)52-3)24-54-44(34)36)57-16-6-9-29-18-35(37(45(50)51)21-42(29)57)30-12-13-40(53-23-30)47(61)55-22-27-7-4-8-28(17-27)32-10-5-11-33-39(32)25-58(49(33)63)41-14-15-43(59)56-48(41)62/h4-5,7-8,10-13,17-21,23-24,26,41,45,54H,6,9,14-16,22,25H2,1-3H3,(H,52,60)(H,55,61)(H,56,59,62). The summed E-state index contributed by atoms with van der Waals surface area (Å²) in [5.41, 5.74) is 9.40.